The topological polar surface area (TPSA) is 58.1 Å². The maximum absolute atomic E-state index is 13.2. The third-order valence-corrected chi connectivity index (χ3v) is 4.54. The van der Waals surface area contributed by atoms with Crippen LogP contribution in [0.15, 0.2) is 60.7 Å². The molecular formula is C23H26N4O. The number of nitrogens with one attached hydrogen (secondary N) is 1. The fraction of sp³-hybridized carbons (Fsp3) is 0.261. The van der Waals surface area contributed by atoms with Crippen LogP contribution in [0.25, 0.3) is 0 Å². The summed E-state index contributed by atoms with van der Waals surface area (Å²) in [4.78, 5) is 24.0. The van der Waals surface area contributed by atoms with Gasteiger partial charge in [0.05, 0.1) is 0 Å². The SMILES string of the molecule is Cc1cc(C(=O)N(Cc2ccccc2)C(C)C)nc(Nc2ccccc2C)n1. The predicted octanol–water partition coefficient (Wildman–Crippen LogP) is 4.89. The molecule has 0 fully saturated rings. The summed E-state index contributed by atoms with van der Waals surface area (Å²) in [7, 11) is 0. The molecule has 5 nitrogen and oxygen atoms in total. The molecule has 28 heavy (non-hydrogen) atoms. The number of carbonyl (C=O) groups excluding carboxylic acids is 1. The summed E-state index contributed by atoms with van der Waals surface area (Å²) < 4.78 is 0. The largest absolute Gasteiger partial charge is 0.331 e. The molecular weight excluding hydrogens is 348 g/mol. The van der Waals surface area contributed by atoms with Crippen molar-refractivity contribution in [2.45, 2.75) is 40.3 Å². The van der Waals surface area contributed by atoms with Crippen LogP contribution < -0.4 is 5.32 Å². The molecule has 0 radical (unpaired) electrons. The molecule has 1 heterocycles. The van der Waals surface area contributed by atoms with Crippen molar-refractivity contribution >= 4 is 17.5 Å². The molecule has 1 amide bonds. The Bertz CT molecular complexity index is 954. The highest BCUT2D eigenvalue weighted by atomic mass is 16.2. The van der Waals surface area contributed by atoms with Crippen LogP contribution in [-0.4, -0.2) is 26.8 Å². The molecule has 144 valence electrons. The first kappa shape index (κ1) is 19.5. The lowest BCUT2D eigenvalue weighted by Crippen LogP contribution is -2.37. The van der Waals surface area contributed by atoms with Gasteiger partial charge >= 0.3 is 0 Å². The average Bonchev–Trinajstić information content (AvgIpc) is 2.67. The zero-order chi connectivity index (χ0) is 20.1. The highest BCUT2D eigenvalue weighted by Crippen LogP contribution is 2.19. The third-order valence-electron chi connectivity index (χ3n) is 4.54. The van der Waals surface area contributed by atoms with Gasteiger partial charge in [0.25, 0.3) is 5.91 Å². The molecule has 0 saturated carbocycles. The minimum Gasteiger partial charge on any atom is -0.331 e. The Kier molecular flexibility index (Phi) is 6.04. The molecule has 0 atom stereocenters. The van der Waals surface area contributed by atoms with Gasteiger partial charge in [0.15, 0.2) is 0 Å². The van der Waals surface area contributed by atoms with Gasteiger partial charge in [-0.25, -0.2) is 9.97 Å². The number of anilines is 2. The number of para-hydroxylation sites is 1. The molecule has 1 N–H and O–H groups in total. The molecule has 3 rings (SSSR count). The normalized spacial score (nSPS) is 10.8. The van der Waals surface area contributed by atoms with Gasteiger partial charge in [-0.3, -0.25) is 4.79 Å². The van der Waals surface area contributed by atoms with E-state index < -0.39 is 0 Å². The molecule has 0 saturated heterocycles. The first-order valence-electron chi connectivity index (χ1n) is 9.47. The molecule has 0 aliphatic carbocycles. The van der Waals surface area contributed by atoms with E-state index in [2.05, 4.69) is 15.3 Å². The maximum Gasteiger partial charge on any atom is 0.273 e. The van der Waals surface area contributed by atoms with Crippen molar-refractivity contribution in [2.75, 3.05) is 5.32 Å². The second kappa shape index (κ2) is 8.65. The Labute approximate surface area is 166 Å². The number of aryl methyl sites for hydroxylation is 2. The lowest BCUT2D eigenvalue weighted by atomic mass is 10.1. The summed E-state index contributed by atoms with van der Waals surface area (Å²) in [6, 6.07) is 19.7. The summed E-state index contributed by atoms with van der Waals surface area (Å²) in [6.07, 6.45) is 0. The number of amides is 1. The molecule has 2 aromatic carbocycles. The van der Waals surface area contributed by atoms with Gasteiger partial charge in [0, 0.05) is 24.0 Å². The molecule has 0 aliphatic heterocycles. The zero-order valence-electron chi connectivity index (χ0n) is 16.8. The summed E-state index contributed by atoms with van der Waals surface area (Å²) in [5, 5.41) is 3.23. The molecule has 1 aromatic heterocycles. The second-order valence-electron chi connectivity index (χ2n) is 7.17. The van der Waals surface area contributed by atoms with Crippen molar-refractivity contribution in [3.63, 3.8) is 0 Å². The monoisotopic (exact) mass is 374 g/mol. The van der Waals surface area contributed by atoms with Crippen molar-refractivity contribution in [3.05, 3.63) is 83.2 Å². The Balaban J connectivity index is 1.87. The van der Waals surface area contributed by atoms with Crippen molar-refractivity contribution in [1.82, 2.24) is 14.9 Å². The van der Waals surface area contributed by atoms with Gasteiger partial charge in [-0.15, -0.1) is 0 Å². The van der Waals surface area contributed by atoms with E-state index in [1.165, 1.54) is 0 Å². The van der Waals surface area contributed by atoms with Gasteiger partial charge in [-0.05, 0) is 51.0 Å². The molecule has 0 unspecified atom stereocenters. The highest BCUT2D eigenvalue weighted by molar-refractivity contribution is 5.93. The fourth-order valence-electron chi connectivity index (χ4n) is 2.98. The maximum atomic E-state index is 13.2. The van der Waals surface area contributed by atoms with E-state index in [0.29, 0.717) is 18.2 Å². The minimum atomic E-state index is -0.0998. The Morgan fingerprint density at radius 1 is 1.00 bits per heavy atom. The molecule has 0 bridgehead atoms. The van der Waals surface area contributed by atoms with E-state index in [1.54, 1.807) is 6.07 Å². The molecule has 0 aliphatic rings. The van der Waals surface area contributed by atoms with Crippen LogP contribution in [0.2, 0.25) is 0 Å². The smallest absolute Gasteiger partial charge is 0.273 e. The van der Waals surface area contributed by atoms with Crippen molar-refractivity contribution in [1.29, 1.82) is 0 Å². The summed E-state index contributed by atoms with van der Waals surface area (Å²) in [5.41, 5.74) is 4.25. The number of benzene rings is 2. The van der Waals surface area contributed by atoms with Crippen molar-refractivity contribution in [3.8, 4) is 0 Å². The van der Waals surface area contributed by atoms with Crippen LogP contribution in [0.4, 0.5) is 11.6 Å². The quantitative estimate of drug-likeness (QED) is 0.667. The van der Waals surface area contributed by atoms with Crippen LogP contribution in [0.1, 0.15) is 41.2 Å². The van der Waals surface area contributed by atoms with Crippen LogP contribution in [0.5, 0.6) is 0 Å². The number of nitrogens with zero attached hydrogens (tertiary/aromatic N) is 3. The van der Waals surface area contributed by atoms with Crippen LogP contribution in [0, 0.1) is 13.8 Å². The van der Waals surface area contributed by atoms with E-state index in [1.807, 2.05) is 87.2 Å². The predicted molar refractivity (Wildman–Crippen MR) is 113 cm³/mol. The van der Waals surface area contributed by atoms with Crippen molar-refractivity contribution < 1.29 is 4.79 Å². The number of carbonyl (C=O) groups is 1. The number of hydrogen-bond donors (Lipinski definition) is 1. The Morgan fingerprint density at radius 3 is 2.36 bits per heavy atom. The number of rotatable bonds is 6. The van der Waals surface area contributed by atoms with E-state index in [4.69, 9.17) is 0 Å². The van der Waals surface area contributed by atoms with E-state index in [-0.39, 0.29) is 11.9 Å². The van der Waals surface area contributed by atoms with Crippen LogP contribution in [-0.2, 0) is 6.54 Å². The summed E-state index contributed by atoms with van der Waals surface area (Å²) in [5.74, 6) is 0.332. The lowest BCUT2D eigenvalue weighted by Gasteiger charge is -2.27. The van der Waals surface area contributed by atoms with Crippen molar-refractivity contribution in [2.24, 2.45) is 0 Å². The van der Waals surface area contributed by atoms with Gasteiger partial charge < -0.3 is 10.2 Å². The average molecular weight is 374 g/mol. The highest BCUT2D eigenvalue weighted by Gasteiger charge is 2.21. The first-order chi connectivity index (χ1) is 13.4. The standard InChI is InChI=1S/C23H26N4O/c1-16(2)27(15-19-11-6-5-7-12-19)22(28)21-14-18(4)24-23(26-21)25-20-13-9-8-10-17(20)3/h5-14,16H,15H2,1-4H3,(H,24,25,26). The van der Waals surface area contributed by atoms with Gasteiger partial charge in [0.2, 0.25) is 5.95 Å². The minimum absolute atomic E-state index is 0.0516. The molecule has 5 heteroatoms. The third kappa shape index (κ3) is 4.74. The van der Waals surface area contributed by atoms with Gasteiger partial charge in [-0.2, -0.15) is 0 Å². The Morgan fingerprint density at radius 2 is 1.68 bits per heavy atom. The fourth-order valence-corrected chi connectivity index (χ4v) is 2.98. The lowest BCUT2D eigenvalue weighted by molar-refractivity contribution is 0.0684. The van der Waals surface area contributed by atoms with Gasteiger partial charge in [-0.1, -0.05) is 48.5 Å². The number of aromatic nitrogens is 2. The van der Waals surface area contributed by atoms with E-state index in [0.717, 1.165) is 22.5 Å². The summed E-state index contributed by atoms with van der Waals surface area (Å²) in [6.45, 7) is 8.46. The first-order valence-corrected chi connectivity index (χ1v) is 9.47. The molecule has 0 spiro atoms. The second-order valence-corrected chi connectivity index (χ2v) is 7.17. The molecule has 3 aromatic rings. The summed E-state index contributed by atoms with van der Waals surface area (Å²) >= 11 is 0. The van der Waals surface area contributed by atoms with E-state index >= 15 is 0 Å². The van der Waals surface area contributed by atoms with Crippen LogP contribution >= 0.6 is 0 Å². The van der Waals surface area contributed by atoms with E-state index in [9.17, 15) is 4.79 Å². The zero-order valence-corrected chi connectivity index (χ0v) is 16.8. The number of hydrogen-bond acceptors (Lipinski definition) is 4. The Hall–Kier alpha value is -3.21. The van der Waals surface area contributed by atoms with Crippen LogP contribution in [0.3, 0.4) is 0 Å². The van der Waals surface area contributed by atoms with Gasteiger partial charge in [0.1, 0.15) is 5.69 Å².